The minimum atomic E-state index is -1.88. The van der Waals surface area contributed by atoms with Gasteiger partial charge < -0.3 is 96.1 Å². The third-order valence-electron chi connectivity index (χ3n) is 11.2. The van der Waals surface area contributed by atoms with Gasteiger partial charge in [0.2, 0.25) is 53.2 Å². The Morgan fingerprint density at radius 3 is 1.48 bits per heavy atom. The summed E-state index contributed by atoms with van der Waals surface area (Å²) in [6.07, 6.45) is -2.99. The molecule has 1 rings (SSSR count). The van der Waals surface area contributed by atoms with E-state index in [0.29, 0.717) is 11.3 Å². The number of guanidine groups is 1. The van der Waals surface area contributed by atoms with Gasteiger partial charge in [-0.3, -0.25) is 52.9 Å². The lowest BCUT2D eigenvalue weighted by Gasteiger charge is -2.28. The number of hydrogen-bond donors (Lipinski definition) is 18. The number of rotatable bonds is 37. The molecule has 0 unspecified atom stereocenters. The number of aliphatic imine (C=N–C) groups is 1. The number of hydrogen-bond acceptors (Lipinski definition) is 18. The van der Waals surface area contributed by atoms with Crippen LogP contribution in [0.2, 0.25) is 0 Å². The maximum Gasteiger partial charge on any atom is 0.326 e. The topological polar surface area (TPSA) is 522 Å². The molecule has 0 aromatic heterocycles. The number of nitrogens with one attached hydrogen (secondary N) is 8. The smallest absolute Gasteiger partial charge is 0.326 e. The number of nitrogens with two attached hydrogens (primary N) is 4. The molecule has 0 saturated heterocycles. The van der Waals surface area contributed by atoms with E-state index in [-0.39, 0.29) is 56.3 Å². The average molecular weight is 1110 g/mol. The molecule has 1 aromatic carbocycles. The predicted molar refractivity (Wildman–Crippen MR) is 276 cm³/mol. The highest BCUT2D eigenvalue weighted by atomic mass is 32.2. The molecule has 0 radical (unpaired) electrons. The van der Waals surface area contributed by atoms with Crippen LogP contribution in [0.4, 0.5) is 0 Å². The fraction of sp³-hybridized carbons (Fsp3) is 0.609. The van der Waals surface area contributed by atoms with Gasteiger partial charge in [0.25, 0.3) is 0 Å². The Balaban J connectivity index is 3.57. The second-order valence-corrected chi connectivity index (χ2v) is 19.1. The van der Waals surface area contributed by atoms with E-state index in [0.717, 1.165) is 6.92 Å². The molecule has 9 amide bonds. The zero-order valence-corrected chi connectivity index (χ0v) is 44.0. The van der Waals surface area contributed by atoms with E-state index in [4.69, 9.17) is 22.9 Å². The van der Waals surface area contributed by atoms with E-state index >= 15 is 0 Å². The number of aliphatic carboxylic acids is 2. The van der Waals surface area contributed by atoms with Crippen molar-refractivity contribution in [3.05, 3.63) is 29.8 Å². The first-order valence-corrected chi connectivity index (χ1v) is 25.7. The van der Waals surface area contributed by atoms with Crippen LogP contribution < -0.4 is 65.5 Å². The first-order chi connectivity index (χ1) is 36.1. The summed E-state index contributed by atoms with van der Waals surface area (Å²) in [6.45, 7) is 2.53. The molecule has 1 aromatic rings. The third-order valence-corrected chi connectivity index (χ3v) is 11.8. The molecule has 31 heteroatoms. The number of thioether (sulfide) groups is 1. The Bertz CT molecular complexity index is 2200. The zero-order valence-electron chi connectivity index (χ0n) is 43.2. The van der Waals surface area contributed by atoms with E-state index in [1.54, 1.807) is 6.26 Å². The van der Waals surface area contributed by atoms with Crippen molar-refractivity contribution >= 4 is 82.8 Å². The van der Waals surface area contributed by atoms with E-state index < -0.39 is 164 Å². The van der Waals surface area contributed by atoms with Gasteiger partial charge in [-0.1, -0.05) is 26.0 Å². The summed E-state index contributed by atoms with van der Waals surface area (Å²) in [5.74, 6) is -12.9. The molecule has 0 aliphatic carbocycles. The normalized spacial score (nSPS) is 14.9. The minimum absolute atomic E-state index is 0.00415. The molecular weight excluding hydrogens is 1040 g/mol. The number of benzene rings is 1. The van der Waals surface area contributed by atoms with Gasteiger partial charge in [-0.25, -0.2) is 4.79 Å². The van der Waals surface area contributed by atoms with Gasteiger partial charge in [0.1, 0.15) is 54.1 Å². The van der Waals surface area contributed by atoms with Crippen molar-refractivity contribution in [1.82, 2.24) is 42.5 Å². The number of nitrogens with zero attached hydrogens (tertiary/aromatic N) is 1. The van der Waals surface area contributed by atoms with Crippen molar-refractivity contribution in [1.29, 1.82) is 0 Å². The van der Waals surface area contributed by atoms with Crippen LogP contribution in [0.25, 0.3) is 0 Å². The van der Waals surface area contributed by atoms with Crippen LogP contribution in [0.15, 0.2) is 29.3 Å². The molecule has 22 N–H and O–H groups in total. The summed E-state index contributed by atoms with van der Waals surface area (Å²) in [5.41, 5.74) is 22.5. The highest BCUT2D eigenvalue weighted by Crippen LogP contribution is 2.13. The fourth-order valence-corrected chi connectivity index (χ4v) is 7.47. The number of amides is 9. The van der Waals surface area contributed by atoms with Gasteiger partial charge in [-0.2, -0.15) is 11.8 Å². The lowest BCUT2D eigenvalue weighted by Crippen LogP contribution is -2.61. The van der Waals surface area contributed by atoms with Crippen molar-refractivity contribution in [2.45, 2.75) is 139 Å². The number of primary amides is 1. The number of carbonyl (C=O) groups excluding carboxylic acids is 9. The van der Waals surface area contributed by atoms with Crippen LogP contribution in [0.1, 0.15) is 77.7 Å². The van der Waals surface area contributed by atoms with Gasteiger partial charge in [0.15, 0.2) is 5.96 Å². The Morgan fingerprint density at radius 2 is 1.03 bits per heavy atom. The van der Waals surface area contributed by atoms with Crippen LogP contribution in [-0.4, -0.2) is 194 Å². The largest absolute Gasteiger partial charge is 0.508 e. The zero-order chi connectivity index (χ0) is 58.5. The number of phenols is 1. The van der Waals surface area contributed by atoms with Crippen LogP contribution in [0, 0.1) is 5.92 Å². The van der Waals surface area contributed by atoms with E-state index in [1.165, 1.54) is 36.0 Å². The van der Waals surface area contributed by atoms with E-state index in [2.05, 4.69) is 47.5 Å². The minimum Gasteiger partial charge on any atom is -0.508 e. The molecule has 0 aliphatic rings. The molecule has 0 aliphatic heterocycles. The monoisotopic (exact) mass is 1110 g/mol. The second kappa shape index (κ2) is 35.1. The van der Waals surface area contributed by atoms with E-state index in [9.17, 15) is 83.4 Å². The molecule has 0 saturated carbocycles. The molecule has 10 atom stereocenters. The maximum absolute atomic E-state index is 14.1. The maximum atomic E-state index is 14.1. The number of aliphatic hydroxyl groups is 3. The Labute approximate surface area is 447 Å². The lowest BCUT2D eigenvalue weighted by atomic mass is 10.0. The summed E-state index contributed by atoms with van der Waals surface area (Å²) >= 11 is 1.29. The number of carboxylic acids is 2. The van der Waals surface area contributed by atoms with Crippen LogP contribution in [0.5, 0.6) is 5.75 Å². The van der Waals surface area contributed by atoms with Gasteiger partial charge >= 0.3 is 11.9 Å². The van der Waals surface area contributed by atoms with Crippen molar-refractivity contribution < 1.29 is 83.4 Å². The van der Waals surface area contributed by atoms with Gasteiger partial charge in [0, 0.05) is 25.8 Å². The highest BCUT2D eigenvalue weighted by molar-refractivity contribution is 7.98. The quantitative estimate of drug-likeness (QED) is 0.0167. The average Bonchev–Trinajstić information content (AvgIpc) is 3.35. The summed E-state index contributed by atoms with van der Waals surface area (Å²) in [4.78, 5) is 148. The summed E-state index contributed by atoms with van der Waals surface area (Å²) in [7, 11) is 0. The van der Waals surface area contributed by atoms with Gasteiger partial charge in [-0.15, -0.1) is 0 Å². The first kappa shape index (κ1) is 67.7. The summed E-state index contributed by atoms with van der Waals surface area (Å²) in [5, 5.41) is 78.1. The fourth-order valence-electron chi connectivity index (χ4n) is 7.00. The Hall–Kier alpha value is -7.35. The Kier molecular flexibility index (Phi) is 30.8. The van der Waals surface area contributed by atoms with Crippen molar-refractivity contribution in [3.63, 3.8) is 0 Å². The number of phenolic OH excluding ortho intramolecular Hbond substituents is 1. The first-order valence-electron chi connectivity index (χ1n) is 24.3. The Morgan fingerprint density at radius 1 is 0.584 bits per heavy atom. The number of carboxylic acid groups (broad SMARTS) is 2. The van der Waals surface area contributed by atoms with Crippen LogP contribution in [-0.2, 0) is 59.2 Å². The number of carbonyl (C=O) groups is 11. The van der Waals surface area contributed by atoms with Crippen molar-refractivity contribution in [2.24, 2.45) is 33.8 Å². The SMILES string of the molecule is CSCC[C@H](NC(=O)[C@@H](NC(=O)[C@H](CCC(N)=O)NC(=O)[C@H](CCC(=O)O)NC(=O)[C@H](CCCN=C(N)N)NC(=O)[C@H](CO)NC(=O)[C@H](Cc1ccc(O)cc1)NC(=O)[C@H](CO)NC(=O)[C@@H](N)CC(C)C)[C@@H](C)O)C(=O)O. The second-order valence-electron chi connectivity index (χ2n) is 18.1. The molecular formula is C46H75N13O17S. The van der Waals surface area contributed by atoms with Crippen LogP contribution in [0.3, 0.4) is 0 Å². The molecule has 0 bridgehead atoms. The molecule has 30 nitrogen and oxygen atoms in total. The number of aliphatic hydroxyl groups excluding tert-OH is 3. The molecule has 0 heterocycles. The van der Waals surface area contributed by atoms with Gasteiger partial charge in [0.05, 0.1) is 25.4 Å². The van der Waals surface area contributed by atoms with Crippen molar-refractivity contribution in [3.8, 4) is 5.75 Å². The predicted octanol–water partition coefficient (Wildman–Crippen LogP) is -6.43. The summed E-state index contributed by atoms with van der Waals surface area (Å²) in [6, 6.07) is -9.30. The van der Waals surface area contributed by atoms with Gasteiger partial charge in [-0.05, 0) is 81.1 Å². The molecule has 0 fully saturated rings. The molecule has 432 valence electrons. The van der Waals surface area contributed by atoms with Crippen LogP contribution >= 0.6 is 11.8 Å². The standard InChI is InChI=1S/C46H75N13O17S/c1-22(2)18-26(47)37(67)57-32(20-60)43(73)56-31(19-24-7-9-25(63)10-8-24)41(71)58-33(21-61)42(72)52-27(6-5-16-51-46(49)50)38(68)54-29(12-14-35(65)66)39(69)53-28(11-13-34(48)64)40(70)59-36(23(3)62)44(74)55-30(45(75)76)15-17-77-4/h7-10,22-23,26-33,36,60-63H,5-6,11-21,47H2,1-4H3,(H2,48,64)(H,52,72)(H,53,69)(H,54,68)(H,55,74)(H,56,73)(H,57,67)(H,58,71)(H,59,70)(H,65,66)(H,75,76)(H4,49,50,51)/t23-,26+,27+,28+,29+,30+,31+,32+,33+,36+/m1/s1. The lowest BCUT2D eigenvalue weighted by molar-refractivity contribution is -0.143. The molecule has 77 heavy (non-hydrogen) atoms. The summed E-state index contributed by atoms with van der Waals surface area (Å²) < 4.78 is 0. The highest BCUT2D eigenvalue weighted by Gasteiger charge is 2.36. The van der Waals surface area contributed by atoms with E-state index in [1.807, 2.05) is 13.8 Å². The molecule has 0 spiro atoms. The third kappa shape index (κ3) is 26.3. The van der Waals surface area contributed by atoms with Crippen molar-refractivity contribution in [2.75, 3.05) is 31.8 Å². The number of aromatic hydroxyl groups is 1.